The molecule has 0 spiro atoms. The van der Waals surface area contributed by atoms with Crippen LogP contribution in [-0.4, -0.2) is 74.4 Å². The van der Waals surface area contributed by atoms with Gasteiger partial charge in [-0.05, 0) is 68.8 Å². The van der Waals surface area contributed by atoms with Crippen LogP contribution in [0, 0.1) is 12.7 Å². The fraction of sp³-hybridized carbons (Fsp3) is 0.393. The molecule has 0 radical (unpaired) electrons. The number of aromatic nitrogens is 1. The van der Waals surface area contributed by atoms with Crippen molar-refractivity contribution in [2.24, 2.45) is 0 Å². The number of carbonyl (C=O) groups excluding carboxylic acids is 2. The van der Waals surface area contributed by atoms with Gasteiger partial charge in [0.15, 0.2) is 0 Å². The number of carbonyl (C=O) groups is 2. The first-order valence-corrected chi connectivity index (χ1v) is 13.0. The molecule has 2 aliphatic heterocycles. The molecule has 2 amide bonds. The van der Waals surface area contributed by atoms with E-state index < -0.39 is 11.7 Å². The molecule has 0 unspecified atom stereocenters. The molecule has 2 fully saturated rings. The lowest BCUT2D eigenvalue weighted by Gasteiger charge is -2.29. The van der Waals surface area contributed by atoms with Crippen LogP contribution in [0.25, 0.3) is 11.3 Å². The Bertz CT molecular complexity index is 1300. The molecule has 0 atom stereocenters. The molecular weight excluding hydrogens is 489 g/mol. The summed E-state index contributed by atoms with van der Waals surface area (Å²) in [6, 6.07) is 11.3. The molecule has 3 aromatic rings. The van der Waals surface area contributed by atoms with E-state index in [0.29, 0.717) is 49.9 Å². The number of rotatable bonds is 8. The van der Waals surface area contributed by atoms with Crippen LogP contribution in [0.4, 0.5) is 15.8 Å². The van der Waals surface area contributed by atoms with Gasteiger partial charge in [0.05, 0.1) is 13.2 Å². The lowest BCUT2D eigenvalue weighted by molar-refractivity contribution is 0.0912. The molecular formula is C28H32FN5O4. The number of benzene rings is 2. The number of ether oxygens (including phenoxy) is 1. The zero-order valence-corrected chi connectivity index (χ0v) is 21.5. The van der Waals surface area contributed by atoms with E-state index in [-0.39, 0.29) is 17.2 Å². The molecule has 1 aromatic heterocycles. The first-order valence-electron chi connectivity index (χ1n) is 13.0. The van der Waals surface area contributed by atoms with Gasteiger partial charge in [0.2, 0.25) is 5.76 Å². The smallest absolute Gasteiger partial charge is 0.289 e. The van der Waals surface area contributed by atoms with Crippen LogP contribution in [0.1, 0.15) is 39.3 Å². The van der Waals surface area contributed by atoms with Gasteiger partial charge in [-0.1, -0.05) is 11.2 Å². The van der Waals surface area contributed by atoms with Gasteiger partial charge in [0.1, 0.15) is 11.5 Å². The topological polar surface area (TPSA) is 99.9 Å². The lowest BCUT2D eigenvalue weighted by Crippen LogP contribution is -2.36. The van der Waals surface area contributed by atoms with E-state index in [2.05, 4.69) is 20.7 Å². The van der Waals surface area contributed by atoms with Crippen LogP contribution < -0.4 is 15.5 Å². The number of hydrogen-bond acceptors (Lipinski definition) is 7. The third-order valence-electron chi connectivity index (χ3n) is 6.94. The Balaban J connectivity index is 1.26. The highest BCUT2D eigenvalue weighted by molar-refractivity contribution is 6.05. The Morgan fingerprint density at radius 2 is 1.79 bits per heavy atom. The van der Waals surface area contributed by atoms with E-state index in [1.807, 2.05) is 17.9 Å². The minimum Gasteiger partial charge on any atom is -0.378 e. The molecule has 3 heterocycles. The molecule has 0 bridgehead atoms. The average molecular weight is 522 g/mol. The highest BCUT2D eigenvalue weighted by atomic mass is 19.1. The quantitative estimate of drug-likeness (QED) is 0.466. The molecule has 10 heteroatoms. The van der Waals surface area contributed by atoms with E-state index in [0.717, 1.165) is 30.8 Å². The SMILES string of the molecule is Cc1ccc(NC(=O)c2cc(F)cc(N3CCOCC3)c2)cc1-c1cc(C(=O)NCCN2CCCC2)on1. The fourth-order valence-electron chi connectivity index (χ4n) is 4.82. The van der Waals surface area contributed by atoms with Crippen molar-refractivity contribution in [1.82, 2.24) is 15.4 Å². The summed E-state index contributed by atoms with van der Waals surface area (Å²) < 4.78 is 25.0. The second-order valence-electron chi connectivity index (χ2n) is 9.66. The van der Waals surface area contributed by atoms with Crippen molar-refractivity contribution < 1.29 is 23.2 Å². The summed E-state index contributed by atoms with van der Waals surface area (Å²) in [6.07, 6.45) is 2.41. The standard InChI is InChI=1S/C28H32FN5O4/c1-19-4-5-22(31-27(35)20-14-21(29)16-23(15-20)34-10-12-37-13-11-34)17-24(19)25-18-26(38-32-25)28(36)30-6-9-33-7-2-3-8-33/h4-5,14-18H,2-3,6-13H2,1H3,(H,30,36)(H,31,35). The monoisotopic (exact) mass is 521 g/mol. The third kappa shape index (κ3) is 6.20. The van der Waals surface area contributed by atoms with Crippen LogP contribution in [0.15, 0.2) is 47.0 Å². The van der Waals surface area contributed by atoms with Crippen LogP contribution >= 0.6 is 0 Å². The van der Waals surface area contributed by atoms with E-state index in [1.165, 1.54) is 25.0 Å². The summed E-state index contributed by atoms with van der Waals surface area (Å²) in [4.78, 5) is 29.9. The minimum absolute atomic E-state index is 0.130. The first-order chi connectivity index (χ1) is 18.5. The summed E-state index contributed by atoms with van der Waals surface area (Å²) in [7, 11) is 0. The zero-order chi connectivity index (χ0) is 26.5. The average Bonchev–Trinajstić information content (AvgIpc) is 3.63. The maximum atomic E-state index is 14.4. The maximum absolute atomic E-state index is 14.4. The van der Waals surface area contributed by atoms with Gasteiger partial charge in [-0.25, -0.2) is 4.39 Å². The molecule has 2 aliphatic rings. The van der Waals surface area contributed by atoms with Crippen molar-refractivity contribution in [1.29, 1.82) is 0 Å². The lowest BCUT2D eigenvalue weighted by atomic mass is 10.0. The minimum atomic E-state index is -0.474. The van der Waals surface area contributed by atoms with Crippen molar-refractivity contribution in [3.63, 3.8) is 0 Å². The number of hydrogen-bond donors (Lipinski definition) is 2. The number of anilines is 2. The highest BCUT2D eigenvalue weighted by Gasteiger charge is 2.19. The second kappa shape index (κ2) is 11.7. The molecule has 0 saturated carbocycles. The Kier molecular flexibility index (Phi) is 8.00. The number of nitrogens with zero attached hydrogens (tertiary/aromatic N) is 3. The zero-order valence-electron chi connectivity index (χ0n) is 21.5. The number of halogens is 1. The van der Waals surface area contributed by atoms with E-state index in [4.69, 9.17) is 9.26 Å². The third-order valence-corrected chi connectivity index (χ3v) is 6.94. The number of nitrogens with one attached hydrogen (secondary N) is 2. The van der Waals surface area contributed by atoms with Crippen molar-refractivity contribution >= 4 is 23.2 Å². The van der Waals surface area contributed by atoms with E-state index >= 15 is 0 Å². The number of aryl methyl sites for hydroxylation is 1. The van der Waals surface area contributed by atoms with Gasteiger partial charge in [-0.2, -0.15) is 0 Å². The first kappa shape index (κ1) is 25.9. The number of likely N-dealkylation sites (tertiary alicyclic amines) is 1. The molecule has 200 valence electrons. The largest absolute Gasteiger partial charge is 0.378 e. The van der Waals surface area contributed by atoms with Gasteiger partial charge < -0.3 is 29.7 Å². The van der Waals surface area contributed by atoms with Crippen molar-refractivity contribution in [2.45, 2.75) is 19.8 Å². The Labute approximate surface area is 220 Å². The molecule has 2 N–H and O–H groups in total. The van der Waals surface area contributed by atoms with E-state index in [9.17, 15) is 14.0 Å². The molecule has 5 rings (SSSR count). The van der Waals surface area contributed by atoms with Crippen molar-refractivity contribution in [3.05, 3.63) is 65.2 Å². The summed E-state index contributed by atoms with van der Waals surface area (Å²) in [5.74, 6) is -1.08. The second-order valence-corrected chi connectivity index (χ2v) is 9.66. The van der Waals surface area contributed by atoms with Gasteiger partial charge >= 0.3 is 0 Å². The van der Waals surface area contributed by atoms with Gasteiger partial charge in [0.25, 0.3) is 11.8 Å². The summed E-state index contributed by atoms with van der Waals surface area (Å²) in [5.41, 5.74) is 3.50. The van der Waals surface area contributed by atoms with Gasteiger partial charge in [-0.3, -0.25) is 9.59 Å². The van der Waals surface area contributed by atoms with Crippen LogP contribution in [0.5, 0.6) is 0 Å². The Morgan fingerprint density at radius 3 is 2.58 bits per heavy atom. The summed E-state index contributed by atoms with van der Waals surface area (Å²) >= 11 is 0. The number of amides is 2. The molecule has 0 aliphatic carbocycles. The van der Waals surface area contributed by atoms with Gasteiger partial charge in [-0.15, -0.1) is 0 Å². The molecule has 9 nitrogen and oxygen atoms in total. The summed E-state index contributed by atoms with van der Waals surface area (Å²) in [6.45, 7) is 7.82. The predicted molar refractivity (Wildman–Crippen MR) is 142 cm³/mol. The normalized spacial score (nSPS) is 16.0. The highest BCUT2D eigenvalue weighted by Crippen LogP contribution is 2.27. The van der Waals surface area contributed by atoms with Crippen LogP contribution in [-0.2, 0) is 4.74 Å². The fourth-order valence-corrected chi connectivity index (χ4v) is 4.82. The maximum Gasteiger partial charge on any atom is 0.289 e. The Hall–Kier alpha value is -3.76. The number of morpholine rings is 1. The van der Waals surface area contributed by atoms with Crippen LogP contribution in [0.3, 0.4) is 0 Å². The molecule has 38 heavy (non-hydrogen) atoms. The summed E-state index contributed by atoms with van der Waals surface area (Å²) in [5, 5.41) is 9.81. The van der Waals surface area contributed by atoms with Crippen molar-refractivity contribution in [3.8, 4) is 11.3 Å². The van der Waals surface area contributed by atoms with Crippen LogP contribution in [0.2, 0.25) is 0 Å². The Morgan fingerprint density at radius 1 is 1.00 bits per heavy atom. The molecule has 2 aromatic carbocycles. The van der Waals surface area contributed by atoms with Gasteiger partial charge in [0, 0.05) is 54.7 Å². The van der Waals surface area contributed by atoms with Crippen molar-refractivity contribution in [2.75, 3.05) is 62.7 Å². The molecule has 2 saturated heterocycles. The van der Waals surface area contributed by atoms with E-state index in [1.54, 1.807) is 24.3 Å². The predicted octanol–water partition coefficient (Wildman–Crippen LogP) is 3.70.